The summed E-state index contributed by atoms with van der Waals surface area (Å²) in [6, 6.07) is 1.25. The van der Waals surface area contributed by atoms with E-state index < -0.39 is 24.0 Å². The van der Waals surface area contributed by atoms with E-state index in [0.29, 0.717) is 0 Å². The Kier molecular flexibility index (Phi) is 9.72. The van der Waals surface area contributed by atoms with Crippen LogP contribution in [0.4, 0.5) is 0 Å². The van der Waals surface area contributed by atoms with Crippen LogP contribution in [0.2, 0.25) is 0 Å². The van der Waals surface area contributed by atoms with Crippen molar-refractivity contribution < 1.29 is 29.3 Å². The van der Waals surface area contributed by atoms with Gasteiger partial charge in [0.05, 0.1) is 6.26 Å². The molecule has 1 aromatic rings. The molecule has 0 aliphatic heterocycles. The molecule has 10 heteroatoms. The maximum absolute atomic E-state index is 10.3. The Morgan fingerprint density at radius 1 is 1.15 bits per heavy atom. The van der Waals surface area contributed by atoms with E-state index in [1.54, 1.807) is 6.07 Å². The highest BCUT2D eigenvalue weighted by molar-refractivity contribution is 8.76. The van der Waals surface area contributed by atoms with Gasteiger partial charge in [-0.3, -0.25) is 9.59 Å². The van der Waals surface area contributed by atoms with E-state index in [0.717, 1.165) is 0 Å². The van der Waals surface area contributed by atoms with E-state index in [2.05, 4.69) is 4.42 Å². The molecule has 8 nitrogen and oxygen atoms in total. The number of aromatic hydroxyl groups is 1. The van der Waals surface area contributed by atoms with Gasteiger partial charge < -0.3 is 31.2 Å². The Labute approximate surface area is 122 Å². The highest BCUT2D eigenvalue weighted by Gasteiger charge is 2.14. The fourth-order valence-corrected chi connectivity index (χ4v) is 2.88. The zero-order valence-corrected chi connectivity index (χ0v) is 12.0. The van der Waals surface area contributed by atoms with Crippen molar-refractivity contribution in [2.45, 2.75) is 12.1 Å². The summed E-state index contributed by atoms with van der Waals surface area (Å²) in [6.07, 6.45) is 1.41. The number of aliphatic carboxylic acids is 2. The van der Waals surface area contributed by atoms with E-state index in [1.807, 2.05) is 0 Å². The van der Waals surface area contributed by atoms with Crippen molar-refractivity contribution in [3.8, 4) is 5.95 Å². The Morgan fingerprint density at radius 3 is 1.80 bits per heavy atom. The van der Waals surface area contributed by atoms with Gasteiger partial charge in [-0.25, -0.2) is 0 Å². The minimum Gasteiger partial charge on any atom is -0.481 e. The van der Waals surface area contributed by atoms with Crippen LogP contribution in [0.5, 0.6) is 5.95 Å². The first-order valence-corrected chi connectivity index (χ1v) is 7.77. The second kappa shape index (κ2) is 10.4. The van der Waals surface area contributed by atoms with Gasteiger partial charge in [0.15, 0.2) is 0 Å². The van der Waals surface area contributed by atoms with E-state index in [9.17, 15) is 9.59 Å². The number of rotatable bonds is 7. The van der Waals surface area contributed by atoms with Crippen LogP contribution in [0.1, 0.15) is 0 Å². The van der Waals surface area contributed by atoms with Crippen molar-refractivity contribution in [3.05, 3.63) is 18.4 Å². The fourth-order valence-electron chi connectivity index (χ4n) is 0.655. The fraction of sp³-hybridized carbons (Fsp3) is 0.400. The Balaban J connectivity index is 0.000000493. The molecule has 2 unspecified atom stereocenters. The first kappa shape index (κ1) is 18.6. The summed E-state index contributed by atoms with van der Waals surface area (Å²) in [7, 11) is 2.41. The summed E-state index contributed by atoms with van der Waals surface area (Å²) in [6.45, 7) is 0. The van der Waals surface area contributed by atoms with Crippen LogP contribution < -0.4 is 11.5 Å². The van der Waals surface area contributed by atoms with E-state index in [1.165, 1.54) is 33.9 Å². The summed E-state index contributed by atoms with van der Waals surface area (Å²) < 4.78 is 4.39. The minimum absolute atomic E-state index is 0.0324. The summed E-state index contributed by atoms with van der Waals surface area (Å²) in [5.74, 6) is -1.71. The summed E-state index contributed by atoms with van der Waals surface area (Å²) in [4.78, 5) is 20.5. The zero-order valence-electron chi connectivity index (χ0n) is 10.3. The summed E-state index contributed by atoms with van der Waals surface area (Å²) >= 11 is 0. The van der Waals surface area contributed by atoms with E-state index in [-0.39, 0.29) is 17.5 Å². The van der Waals surface area contributed by atoms with Gasteiger partial charge >= 0.3 is 11.9 Å². The summed E-state index contributed by atoms with van der Waals surface area (Å²) in [5, 5.41) is 25.1. The van der Waals surface area contributed by atoms with Crippen molar-refractivity contribution in [2.24, 2.45) is 11.5 Å². The van der Waals surface area contributed by atoms with Gasteiger partial charge in [0.25, 0.3) is 5.95 Å². The van der Waals surface area contributed by atoms with Crippen molar-refractivity contribution in [3.63, 3.8) is 0 Å². The number of furan rings is 1. The second-order valence-corrected chi connectivity index (χ2v) is 5.96. The van der Waals surface area contributed by atoms with Gasteiger partial charge in [0.1, 0.15) is 12.1 Å². The van der Waals surface area contributed by atoms with Crippen molar-refractivity contribution in [1.82, 2.24) is 0 Å². The molecule has 0 bridgehead atoms. The standard InChI is InChI=1S/C6H12N2O4S2.C4H4O2/c7-3(5(9)10)1-13-14-2-4(8)6(11)12;5-4-2-1-3-6-4/h3-4H,1-2,7-8H2,(H,9,10)(H,11,12);1-3,5H. The molecular formula is C10H16N2O6S2. The molecule has 114 valence electrons. The molecule has 0 saturated carbocycles. The van der Waals surface area contributed by atoms with Crippen LogP contribution >= 0.6 is 21.6 Å². The third-order valence-corrected chi connectivity index (χ3v) is 4.19. The third-order valence-electron chi connectivity index (χ3n) is 1.72. The number of nitrogens with two attached hydrogens (primary N) is 2. The first-order valence-electron chi connectivity index (χ1n) is 5.28. The molecule has 0 radical (unpaired) electrons. The maximum atomic E-state index is 10.3. The van der Waals surface area contributed by atoms with Gasteiger partial charge in [-0.15, -0.1) is 0 Å². The SMILES string of the molecule is NC(CSSCC(N)C(=O)O)C(=O)O.Oc1ccco1. The molecular weight excluding hydrogens is 308 g/mol. The quantitative estimate of drug-likeness (QED) is 0.345. The Bertz CT molecular complexity index is 378. The predicted molar refractivity (Wildman–Crippen MR) is 76.5 cm³/mol. The number of carboxylic acid groups (broad SMARTS) is 2. The number of hydrogen-bond acceptors (Lipinski definition) is 8. The second-order valence-electron chi connectivity index (χ2n) is 3.41. The molecule has 1 aromatic heterocycles. The molecule has 1 rings (SSSR count). The van der Waals surface area contributed by atoms with Crippen molar-refractivity contribution in [1.29, 1.82) is 0 Å². The van der Waals surface area contributed by atoms with Gasteiger partial charge in [-0.1, -0.05) is 21.6 Å². The molecule has 1 heterocycles. The molecule has 0 spiro atoms. The summed E-state index contributed by atoms with van der Waals surface area (Å²) in [5.41, 5.74) is 10.4. The lowest BCUT2D eigenvalue weighted by molar-refractivity contribution is -0.138. The lowest BCUT2D eigenvalue weighted by Crippen LogP contribution is -2.33. The van der Waals surface area contributed by atoms with Crippen LogP contribution in [-0.4, -0.2) is 50.8 Å². The molecule has 0 aromatic carbocycles. The van der Waals surface area contributed by atoms with E-state index >= 15 is 0 Å². The van der Waals surface area contributed by atoms with Crippen LogP contribution in [0.15, 0.2) is 22.8 Å². The highest BCUT2D eigenvalue weighted by Crippen LogP contribution is 2.22. The largest absolute Gasteiger partial charge is 0.481 e. The monoisotopic (exact) mass is 324 g/mol. The molecule has 0 amide bonds. The highest BCUT2D eigenvalue weighted by atomic mass is 33.1. The lowest BCUT2D eigenvalue weighted by atomic mass is 10.4. The normalized spacial score (nSPS) is 12.9. The molecule has 0 saturated heterocycles. The number of carboxylic acids is 2. The van der Waals surface area contributed by atoms with Crippen LogP contribution in [-0.2, 0) is 9.59 Å². The van der Waals surface area contributed by atoms with Gasteiger partial charge in [0, 0.05) is 17.6 Å². The van der Waals surface area contributed by atoms with Crippen molar-refractivity contribution in [2.75, 3.05) is 11.5 Å². The van der Waals surface area contributed by atoms with Crippen molar-refractivity contribution >= 4 is 33.5 Å². The predicted octanol–water partition coefficient (Wildman–Crippen LogP) is 0.177. The molecule has 7 N–H and O–H groups in total. The molecule has 0 aliphatic carbocycles. The lowest BCUT2D eigenvalue weighted by Gasteiger charge is -2.07. The molecule has 20 heavy (non-hydrogen) atoms. The third kappa shape index (κ3) is 9.55. The molecule has 0 aliphatic rings. The van der Waals surface area contributed by atoms with Crippen LogP contribution in [0, 0.1) is 0 Å². The average Bonchev–Trinajstić information content (AvgIpc) is 2.85. The molecule has 0 fully saturated rings. The Morgan fingerprint density at radius 2 is 1.60 bits per heavy atom. The van der Waals surface area contributed by atoms with E-state index in [4.69, 9.17) is 26.8 Å². The van der Waals surface area contributed by atoms with Gasteiger partial charge in [0.2, 0.25) is 0 Å². The zero-order chi connectivity index (χ0) is 15.5. The van der Waals surface area contributed by atoms with Gasteiger partial charge in [-0.05, 0) is 6.07 Å². The topological polar surface area (TPSA) is 160 Å². The van der Waals surface area contributed by atoms with Crippen LogP contribution in [0.3, 0.4) is 0 Å². The maximum Gasteiger partial charge on any atom is 0.321 e. The number of carbonyl (C=O) groups is 2. The average molecular weight is 324 g/mol. The molecule has 2 atom stereocenters. The number of hydrogen-bond donors (Lipinski definition) is 5. The first-order chi connectivity index (χ1) is 9.34. The smallest absolute Gasteiger partial charge is 0.321 e. The van der Waals surface area contributed by atoms with Gasteiger partial charge in [-0.2, -0.15) is 0 Å². The minimum atomic E-state index is -1.07. The Hall–Kier alpha value is -1.36. The van der Waals surface area contributed by atoms with Crippen LogP contribution in [0.25, 0.3) is 0 Å².